The number of anilines is 2. The van der Waals surface area contributed by atoms with Gasteiger partial charge in [0.15, 0.2) is 9.84 Å². The van der Waals surface area contributed by atoms with Crippen LogP contribution in [0.2, 0.25) is 0 Å². The molecule has 33 heavy (non-hydrogen) atoms. The zero-order chi connectivity index (χ0) is 24.2. The fourth-order valence-corrected chi connectivity index (χ4v) is 5.57. The maximum Gasteiger partial charge on any atom is 0.373 e. The average Bonchev–Trinajstić information content (AvgIpc) is 2.74. The number of hydrogen-bond acceptors (Lipinski definition) is 10. The summed E-state index contributed by atoms with van der Waals surface area (Å²) in [6.07, 6.45) is 3.04. The highest BCUT2D eigenvalue weighted by Crippen LogP contribution is 2.34. The number of piperidine rings is 1. The smallest absolute Gasteiger partial charge is 0.373 e. The Morgan fingerprint density at radius 2 is 1.79 bits per heavy atom. The van der Waals surface area contributed by atoms with Crippen molar-refractivity contribution in [3.63, 3.8) is 0 Å². The molecule has 0 spiro atoms. The molecule has 180 valence electrons. The van der Waals surface area contributed by atoms with Crippen LogP contribution in [0, 0.1) is 10.1 Å². The molecule has 2 aromatic rings. The standard InChI is InChI=1S/C19H25N5O7S2/c1-3-12-33(29,30)23-10-8-15(9-11-23)31-19-17(24(25)26)18(20-13-21-19)22-14-4-6-16(7-5-14)32(2,27)28/h4-7,13,15H,3,8-12H2,1-2H3,(H,20,21,22). The van der Waals surface area contributed by atoms with Crippen molar-refractivity contribution < 1.29 is 26.5 Å². The Morgan fingerprint density at radius 3 is 2.33 bits per heavy atom. The summed E-state index contributed by atoms with van der Waals surface area (Å²) in [6, 6.07) is 5.69. The third-order valence-corrected chi connectivity index (χ3v) is 8.26. The minimum atomic E-state index is -3.38. The highest BCUT2D eigenvalue weighted by Gasteiger charge is 2.31. The van der Waals surface area contributed by atoms with Gasteiger partial charge in [-0.25, -0.2) is 26.1 Å². The predicted octanol–water partition coefficient (Wildman–Crippen LogP) is 2.11. The topological polar surface area (TPSA) is 162 Å². The summed E-state index contributed by atoms with van der Waals surface area (Å²) in [5.41, 5.74) is -0.0738. The van der Waals surface area contributed by atoms with Crippen LogP contribution < -0.4 is 10.1 Å². The van der Waals surface area contributed by atoms with Gasteiger partial charge in [-0.05, 0) is 43.5 Å². The number of rotatable bonds is 9. The van der Waals surface area contributed by atoms with Gasteiger partial charge in [-0.1, -0.05) is 6.92 Å². The Bertz CT molecular complexity index is 1210. The van der Waals surface area contributed by atoms with Crippen molar-refractivity contribution in [2.75, 3.05) is 30.4 Å². The van der Waals surface area contributed by atoms with Crippen molar-refractivity contribution in [1.29, 1.82) is 0 Å². The summed E-state index contributed by atoms with van der Waals surface area (Å²) >= 11 is 0. The lowest BCUT2D eigenvalue weighted by atomic mass is 10.1. The van der Waals surface area contributed by atoms with E-state index in [1.165, 1.54) is 28.6 Å². The molecule has 1 fully saturated rings. The summed E-state index contributed by atoms with van der Waals surface area (Å²) in [5.74, 6) is -0.254. The van der Waals surface area contributed by atoms with Gasteiger partial charge in [0.25, 0.3) is 5.88 Å². The Hall–Kier alpha value is -2.84. The second-order valence-corrected chi connectivity index (χ2v) is 11.7. The van der Waals surface area contributed by atoms with Crippen LogP contribution in [0.4, 0.5) is 17.2 Å². The molecule has 1 saturated heterocycles. The minimum absolute atomic E-state index is 0.0795. The van der Waals surface area contributed by atoms with Crippen LogP contribution in [-0.2, 0) is 19.9 Å². The molecular formula is C19H25N5O7S2. The molecule has 0 amide bonds. The van der Waals surface area contributed by atoms with Gasteiger partial charge in [0, 0.05) is 25.0 Å². The third-order valence-electron chi connectivity index (χ3n) is 5.05. The van der Waals surface area contributed by atoms with E-state index < -0.39 is 36.6 Å². The normalized spacial score (nSPS) is 15.8. The van der Waals surface area contributed by atoms with Gasteiger partial charge in [-0.3, -0.25) is 10.1 Å². The first-order valence-electron chi connectivity index (χ1n) is 10.2. The lowest BCUT2D eigenvalue weighted by molar-refractivity contribution is -0.385. The van der Waals surface area contributed by atoms with Crippen molar-refractivity contribution in [2.45, 2.75) is 37.2 Å². The monoisotopic (exact) mass is 499 g/mol. The van der Waals surface area contributed by atoms with Gasteiger partial charge < -0.3 is 10.1 Å². The number of hydrogen-bond donors (Lipinski definition) is 1. The molecule has 14 heteroatoms. The van der Waals surface area contributed by atoms with Crippen LogP contribution in [0.25, 0.3) is 0 Å². The zero-order valence-electron chi connectivity index (χ0n) is 18.2. The molecule has 1 aromatic carbocycles. The van der Waals surface area contributed by atoms with E-state index in [4.69, 9.17) is 4.74 Å². The first kappa shape index (κ1) is 24.8. The molecule has 1 aliphatic rings. The molecule has 12 nitrogen and oxygen atoms in total. The second kappa shape index (κ2) is 9.97. The highest BCUT2D eigenvalue weighted by molar-refractivity contribution is 7.90. The number of nitrogens with zero attached hydrogens (tertiary/aromatic N) is 4. The van der Waals surface area contributed by atoms with E-state index in [-0.39, 0.29) is 35.4 Å². The number of ether oxygens (including phenoxy) is 1. The van der Waals surface area contributed by atoms with Crippen LogP contribution in [0.15, 0.2) is 35.5 Å². The molecule has 1 aliphatic heterocycles. The van der Waals surface area contributed by atoms with Gasteiger partial charge >= 0.3 is 5.69 Å². The van der Waals surface area contributed by atoms with Crippen molar-refractivity contribution in [3.8, 4) is 5.88 Å². The Morgan fingerprint density at radius 1 is 1.15 bits per heavy atom. The first-order chi connectivity index (χ1) is 15.5. The van der Waals surface area contributed by atoms with E-state index in [0.717, 1.165) is 12.6 Å². The summed E-state index contributed by atoms with van der Waals surface area (Å²) in [6.45, 7) is 2.33. The molecule has 2 heterocycles. The van der Waals surface area contributed by atoms with Crippen LogP contribution in [-0.4, -0.2) is 67.2 Å². The predicted molar refractivity (Wildman–Crippen MR) is 121 cm³/mol. The molecule has 0 atom stereocenters. The first-order valence-corrected chi connectivity index (χ1v) is 13.7. The van der Waals surface area contributed by atoms with Gasteiger partial charge in [-0.15, -0.1) is 0 Å². The molecule has 0 bridgehead atoms. The molecule has 0 unspecified atom stereocenters. The van der Waals surface area contributed by atoms with E-state index in [9.17, 15) is 26.9 Å². The molecule has 1 N–H and O–H groups in total. The summed E-state index contributed by atoms with van der Waals surface area (Å²) in [7, 11) is -6.69. The molecule has 0 radical (unpaired) electrons. The lowest BCUT2D eigenvalue weighted by Gasteiger charge is -2.31. The largest absolute Gasteiger partial charge is 0.469 e. The van der Waals surface area contributed by atoms with E-state index in [1.54, 1.807) is 6.92 Å². The van der Waals surface area contributed by atoms with Crippen LogP contribution >= 0.6 is 0 Å². The van der Waals surface area contributed by atoms with Crippen LogP contribution in [0.1, 0.15) is 26.2 Å². The Kier molecular flexibility index (Phi) is 7.49. The second-order valence-electron chi connectivity index (χ2n) is 7.59. The summed E-state index contributed by atoms with van der Waals surface area (Å²) < 4.78 is 54.8. The number of sulfonamides is 1. The van der Waals surface area contributed by atoms with E-state index in [2.05, 4.69) is 15.3 Å². The zero-order valence-corrected chi connectivity index (χ0v) is 19.8. The third kappa shape index (κ3) is 6.15. The fraction of sp³-hybridized carbons (Fsp3) is 0.474. The van der Waals surface area contributed by atoms with E-state index in [0.29, 0.717) is 24.9 Å². The molecule has 3 rings (SSSR count). The van der Waals surface area contributed by atoms with Crippen molar-refractivity contribution in [3.05, 3.63) is 40.7 Å². The van der Waals surface area contributed by atoms with Crippen LogP contribution in [0.3, 0.4) is 0 Å². The van der Waals surface area contributed by atoms with E-state index in [1.807, 2.05) is 0 Å². The van der Waals surface area contributed by atoms with Gasteiger partial charge in [0.2, 0.25) is 15.8 Å². The van der Waals surface area contributed by atoms with Crippen LogP contribution in [0.5, 0.6) is 5.88 Å². The number of aromatic nitrogens is 2. The van der Waals surface area contributed by atoms with Gasteiger partial charge in [0.1, 0.15) is 12.4 Å². The van der Waals surface area contributed by atoms with E-state index >= 15 is 0 Å². The Labute approximate surface area is 192 Å². The Balaban J connectivity index is 1.75. The minimum Gasteiger partial charge on any atom is -0.469 e. The van der Waals surface area contributed by atoms with Gasteiger partial charge in [0.05, 0.1) is 15.6 Å². The summed E-state index contributed by atoms with van der Waals surface area (Å²) in [4.78, 5) is 19.1. The number of nitro groups is 1. The average molecular weight is 500 g/mol. The van der Waals surface area contributed by atoms with Gasteiger partial charge in [-0.2, -0.15) is 4.98 Å². The molecular weight excluding hydrogens is 474 g/mol. The quantitative estimate of drug-likeness (QED) is 0.399. The lowest BCUT2D eigenvalue weighted by Crippen LogP contribution is -2.42. The molecule has 1 aromatic heterocycles. The van der Waals surface area contributed by atoms with Crippen molar-refractivity contribution in [2.24, 2.45) is 0 Å². The number of benzene rings is 1. The SMILES string of the molecule is CCCS(=O)(=O)N1CCC(Oc2ncnc(Nc3ccc(S(C)(=O)=O)cc3)c2[N+](=O)[O-])CC1. The van der Waals surface area contributed by atoms with Crippen molar-refractivity contribution in [1.82, 2.24) is 14.3 Å². The number of sulfone groups is 1. The maximum absolute atomic E-state index is 12.2. The summed E-state index contributed by atoms with van der Waals surface area (Å²) in [5, 5.41) is 14.6. The molecule has 0 aliphatic carbocycles. The maximum atomic E-state index is 12.2. The fourth-order valence-electron chi connectivity index (χ4n) is 3.40. The highest BCUT2D eigenvalue weighted by atomic mass is 32.2. The molecule has 0 saturated carbocycles. The number of nitrogens with one attached hydrogen (secondary N) is 1. The van der Waals surface area contributed by atoms with Crippen molar-refractivity contribution >= 4 is 37.1 Å².